The van der Waals surface area contributed by atoms with E-state index in [0.717, 1.165) is 4.90 Å². The maximum atomic E-state index is 14.5. The second-order valence-corrected chi connectivity index (χ2v) is 10.8. The first-order valence-corrected chi connectivity index (χ1v) is 12.2. The van der Waals surface area contributed by atoms with Crippen LogP contribution in [0.4, 0.5) is 17.6 Å². The van der Waals surface area contributed by atoms with Crippen LogP contribution in [0.25, 0.3) is 0 Å². The number of nitrogens with zero attached hydrogens (tertiary/aromatic N) is 1. The van der Waals surface area contributed by atoms with E-state index in [1.165, 1.54) is 0 Å². The lowest BCUT2D eigenvalue weighted by Gasteiger charge is -2.30. The molecule has 3 N–H and O–H groups in total. The molecule has 10 nitrogen and oxygen atoms in total. The second-order valence-electron chi connectivity index (χ2n) is 10.8. The molecule has 1 unspecified atom stereocenters. The third-order valence-electron chi connectivity index (χ3n) is 6.92. The summed E-state index contributed by atoms with van der Waals surface area (Å²) in [6, 6.07) is -2.83. The third-order valence-corrected chi connectivity index (χ3v) is 6.92. The first-order chi connectivity index (χ1) is 17.1. The molecule has 0 aromatic rings. The van der Waals surface area contributed by atoms with Crippen molar-refractivity contribution < 1.29 is 46.3 Å². The van der Waals surface area contributed by atoms with E-state index in [0.29, 0.717) is 13.0 Å². The molecule has 2 saturated heterocycles. The van der Waals surface area contributed by atoms with Crippen molar-refractivity contribution in [2.75, 3.05) is 19.7 Å². The van der Waals surface area contributed by atoms with Crippen molar-refractivity contribution in [2.24, 2.45) is 17.8 Å². The normalized spacial score (nSPS) is 28.5. The molecule has 37 heavy (non-hydrogen) atoms. The Hall–Kier alpha value is -2.77. The zero-order valence-electron chi connectivity index (χ0n) is 20.8. The van der Waals surface area contributed by atoms with Crippen molar-refractivity contribution in [3.8, 4) is 0 Å². The molecule has 1 aliphatic carbocycles. The standard InChI is InChI=1S/C23H32F4N4O6/c1-22(2,3)30-20(35)21(36)31-9-13-12(4-5-14(13)24)17(31)19(34)29-15(8-11-6-7-28-18(11)33)16(32)10-37-23(25,26)27/h11-15,17H,4-10H2,1-3H3,(H,28,33)(H,29,34)(H,30,35)/t11-,12-,13-,14?,15-,17-/m0/s1. The second kappa shape index (κ2) is 10.9. The van der Waals surface area contributed by atoms with Crippen molar-refractivity contribution in [3.63, 3.8) is 0 Å². The fourth-order valence-electron chi connectivity index (χ4n) is 5.27. The highest BCUT2D eigenvalue weighted by Gasteiger charge is 2.54. The molecular weight excluding hydrogens is 504 g/mol. The van der Waals surface area contributed by atoms with Crippen LogP contribution in [0.1, 0.15) is 46.5 Å². The van der Waals surface area contributed by atoms with Gasteiger partial charge >= 0.3 is 18.2 Å². The molecule has 2 aliphatic heterocycles. The van der Waals surface area contributed by atoms with Crippen LogP contribution in [-0.2, 0) is 28.7 Å². The number of amides is 4. The predicted molar refractivity (Wildman–Crippen MR) is 119 cm³/mol. The van der Waals surface area contributed by atoms with Gasteiger partial charge in [0.25, 0.3) is 0 Å². The molecule has 0 aromatic carbocycles. The van der Waals surface area contributed by atoms with Crippen LogP contribution in [0.15, 0.2) is 0 Å². The number of hydrogen-bond acceptors (Lipinski definition) is 6. The van der Waals surface area contributed by atoms with Gasteiger partial charge < -0.3 is 20.9 Å². The Morgan fingerprint density at radius 2 is 1.78 bits per heavy atom. The summed E-state index contributed by atoms with van der Waals surface area (Å²) in [6.07, 6.45) is -5.95. The van der Waals surface area contributed by atoms with Crippen LogP contribution in [-0.4, -0.2) is 84.2 Å². The van der Waals surface area contributed by atoms with Gasteiger partial charge in [0.15, 0.2) is 5.78 Å². The molecule has 6 atom stereocenters. The quantitative estimate of drug-likeness (QED) is 0.322. The van der Waals surface area contributed by atoms with Crippen LogP contribution >= 0.6 is 0 Å². The average Bonchev–Trinajstić information content (AvgIpc) is 3.45. The lowest BCUT2D eigenvalue weighted by atomic mass is 9.91. The molecule has 1 saturated carbocycles. The number of nitrogens with one attached hydrogen (secondary N) is 3. The highest BCUT2D eigenvalue weighted by Crippen LogP contribution is 2.44. The van der Waals surface area contributed by atoms with Gasteiger partial charge in [0, 0.05) is 30.5 Å². The Labute approximate surface area is 211 Å². The Bertz CT molecular complexity index is 937. The van der Waals surface area contributed by atoms with Gasteiger partial charge in [-0.3, -0.25) is 28.7 Å². The molecule has 3 rings (SSSR count). The van der Waals surface area contributed by atoms with Gasteiger partial charge in [-0.2, -0.15) is 0 Å². The summed E-state index contributed by atoms with van der Waals surface area (Å²) < 4.78 is 55.8. The van der Waals surface area contributed by atoms with Crippen molar-refractivity contribution in [2.45, 2.75) is 76.6 Å². The SMILES string of the molecule is CC(C)(C)NC(=O)C(=O)N1C[C@@H]2C(F)CC[C@@H]2[C@H]1C(=O)N[C@@H](C[C@@H]1CCNC1=O)C(=O)COC(F)(F)F. The number of alkyl halides is 4. The van der Waals surface area contributed by atoms with E-state index in [1.54, 1.807) is 20.8 Å². The number of Topliss-reactive ketones (excluding diaryl/α,β-unsaturated/α-hetero) is 1. The van der Waals surface area contributed by atoms with Gasteiger partial charge in [0.2, 0.25) is 11.8 Å². The number of carbonyl (C=O) groups excluding carboxylic acids is 5. The largest absolute Gasteiger partial charge is 0.522 e. The van der Waals surface area contributed by atoms with E-state index < -0.39 is 83.9 Å². The maximum Gasteiger partial charge on any atom is 0.522 e. The van der Waals surface area contributed by atoms with E-state index in [4.69, 9.17) is 0 Å². The van der Waals surface area contributed by atoms with E-state index >= 15 is 0 Å². The molecule has 0 bridgehead atoms. The molecule has 0 radical (unpaired) electrons. The number of fused-ring (bicyclic) bond motifs is 1. The lowest BCUT2D eigenvalue weighted by Crippen LogP contribution is -2.57. The fraction of sp³-hybridized carbons (Fsp3) is 0.783. The van der Waals surface area contributed by atoms with Gasteiger partial charge in [0.1, 0.15) is 18.8 Å². The number of ketones is 1. The minimum atomic E-state index is -5.09. The maximum absolute atomic E-state index is 14.5. The van der Waals surface area contributed by atoms with Crippen LogP contribution in [0.2, 0.25) is 0 Å². The van der Waals surface area contributed by atoms with E-state index in [1.807, 2.05) is 0 Å². The number of halogens is 4. The summed E-state index contributed by atoms with van der Waals surface area (Å²) >= 11 is 0. The fourth-order valence-corrected chi connectivity index (χ4v) is 5.27. The van der Waals surface area contributed by atoms with Crippen LogP contribution < -0.4 is 16.0 Å². The number of hydrogen-bond donors (Lipinski definition) is 3. The first kappa shape index (κ1) is 28.8. The van der Waals surface area contributed by atoms with Gasteiger partial charge in [-0.25, -0.2) is 4.39 Å². The van der Waals surface area contributed by atoms with Crippen LogP contribution in [0.3, 0.4) is 0 Å². The zero-order chi connectivity index (χ0) is 27.7. The van der Waals surface area contributed by atoms with E-state index in [2.05, 4.69) is 20.7 Å². The molecule has 208 valence electrons. The van der Waals surface area contributed by atoms with Crippen molar-refractivity contribution >= 4 is 29.4 Å². The molecule has 3 fully saturated rings. The zero-order valence-corrected chi connectivity index (χ0v) is 20.8. The molecule has 0 spiro atoms. The van der Waals surface area contributed by atoms with Crippen molar-refractivity contribution in [1.29, 1.82) is 0 Å². The minimum Gasteiger partial charge on any atom is -0.356 e. The highest BCUT2D eigenvalue weighted by atomic mass is 19.4. The van der Waals surface area contributed by atoms with E-state index in [9.17, 15) is 41.5 Å². The van der Waals surface area contributed by atoms with Crippen molar-refractivity contribution in [3.05, 3.63) is 0 Å². The van der Waals surface area contributed by atoms with Gasteiger partial charge in [-0.1, -0.05) is 0 Å². The Kier molecular flexibility index (Phi) is 8.50. The van der Waals surface area contributed by atoms with Gasteiger partial charge in [0.05, 0.1) is 6.04 Å². The highest BCUT2D eigenvalue weighted by molar-refractivity contribution is 6.35. The molecule has 3 aliphatic rings. The lowest BCUT2D eigenvalue weighted by molar-refractivity contribution is -0.321. The van der Waals surface area contributed by atoms with E-state index in [-0.39, 0.29) is 25.8 Å². The summed E-state index contributed by atoms with van der Waals surface area (Å²) in [6.45, 7) is 3.68. The number of rotatable bonds is 7. The Balaban J connectivity index is 1.81. The number of likely N-dealkylation sites (tertiary alicyclic amines) is 1. The summed E-state index contributed by atoms with van der Waals surface area (Å²) in [5, 5.41) is 7.43. The molecule has 0 aromatic heterocycles. The smallest absolute Gasteiger partial charge is 0.356 e. The summed E-state index contributed by atoms with van der Waals surface area (Å²) in [4.78, 5) is 64.5. The molecular formula is C23H32F4N4O6. The minimum absolute atomic E-state index is 0.152. The topological polar surface area (TPSA) is 134 Å². The number of ether oxygens (including phenoxy) is 1. The summed E-state index contributed by atoms with van der Waals surface area (Å²) in [7, 11) is 0. The molecule has 2 heterocycles. The molecule has 14 heteroatoms. The number of carbonyl (C=O) groups is 5. The first-order valence-electron chi connectivity index (χ1n) is 12.2. The Morgan fingerprint density at radius 3 is 2.35 bits per heavy atom. The molecule has 4 amide bonds. The van der Waals surface area contributed by atoms with Crippen molar-refractivity contribution in [1.82, 2.24) is 20.9 Å². The Morgan fingerprint density at radius 1 is 1.11 bits per heavy atom. The average molecular weight is 537 g/mol. The van der Waals surface area contributed by atoms with Gasteiger partial charge in [-0.15, -0.1) is 13.2 Å². The monoisotopic (exact) mass is 536 g/mol. The van der Waals surface area contributed by atoms with Gasteiger partial charge in [-0.05, 0) is 52.4 Å². The summed E-state index contributed by atoms with van der Waals surface area (Å²) in [5.41, 5.74) is -0.763. The third kappa shape index (κ3) is 7.17. The van der Waals surface area contributed by atoms with Crippen LogP contribution in [0.5, 0.6) is 0 Å². The predicted octanol–water partition coefficient (Wildman–Crippen LogP) is 0.593. The van der Waals surface area contributed by atoms with Crippen LogP contribution in [0, 0.1) is 17.8 Å². The summed E-state index contributed by atoms with van der Waals surface area (Å²) in [5.74, 6) is -6.53.